The van der Waals surface area contributed by atoms with E-state index in [-0.39, 0.29) is 11.9 Å². The van der Waals surface area contributed by atoms with Gasteiger partial charge in [-0.1, -0.05) is 28.1 Å². The number of thiophene rings is 1. The van der Waals surface area contributed by atoms with Crippen molar-refractivity contribution >= 4 is 38.2 Å². The van der Waals surface area contributed by atoms with Gasteiger partial charge in [0.05, 0.1) is 19.3 Å². The number of hydrogen-bond acceptors (Lipinski definition) is 4. The third-order valence-electron chi connectivity index (χ3n) is 5.37. The van der Waals surface area contributed by atoms with Crippen LogP contribution in [0.15, 0.2) is 28.7 Å². The average molecular weight is 449 g/mol. The molecule has 2 aliphatic rings. The minimum absolute atomic E-state index is 0.00591. The van der Waals surface area contributed by atoms with Crippen molar-refractivity contribution in [2.45, 2.75) is 38.6 Å². The van der Waals surface area contributed by atoms with Crippen molar-refractivity contribution in [3.8, 4) is 0 Å². The van der Waals surface area contributed by atoms with E-state index >= 15 is 0 Å². The van der Waals surface area contributed by atoms with Gasteiger partial charge in [0, 0.05) is 34.9 Å². The smallest absolute Gasteiger partial charge is 0.221 e. The van der Waals surface area contributed by atoms with Crippen molar-refractivity contribution in [1.29, 1.82) is 0 Å². The molecule has 27 heavy (non-hydrogen) atoms. The molecule has 1 aromatic carbocycles. The molecule has 1 aliphatic heterocycles. The fraction of sp³-hybridized carbons (Fsp3) is 0.476. The molecule has 4 nitrogen and oxygen atoms in total. The van der Waals surface area contributed by atoms with E-state index in [1.807, 2.05) is 0 Å². The van der Waals surface area contributed by atoms with Gasteiger partial charge in [-0.2, -0.15) is 0 Å². The van der Waals surface area contributed by atoms with E-state index in [1.165, 1.54) is 34.4 Å². The minimum atomic E-state index is 0.00591. The molecule has 0 saturated carbocycles. The second-order valence-electron chi connectivity index (χ2n) is 7.24. The molecule has 1 atom stereocenters. The standard InChI is InChI=1S/C21H25BrN2O2S/c1-14(25)23-21-19(17-4-2-3-5-18(17)27-21)20(24-10-12-26-13-11-24)15-6-8-16(22)9-7-15/h6-9,20H,2-5,10-13H2,1H3,(H,23,25)/t20-/m0/s1. The number of nitrogens with zero attached hydrogens (tertiary/aromatic N) is 1. The van der Waals surface area contributed by atoms with Gasteiger partial charge in [0.1, 0.15) is 5.00 Å². The van der Waals surface area contributed by atoms with Crippen molar-refractivity contribution < 1.29 is 9.53 Å². The summed E-state index contributed by atoms with van der Waals surface area (Å²) in [5.74, 6) is 0.00591. The number of carbonyl (C=O) groups excluding carboxylic acids is 1. The first kappa shape index (κ1) is 19.1. The van der Waals surface area contributed by atoms with Crippen LogP contribution in [0.5, 0.6) is 0 Å². The Kier molecular flexibility index (Phi) is 5.97. The van der Waals surface area contributed by atoms with Crippen LogP contribution in [0.1, 0.15) is 47.4 Å². The number of hydrogen-bond donors (Lipinski definition) is 1. The van der Waals surface area contributed by atoms with Gasteiger partial charge in [-0.25, -0.2) is 0 Å². The number of nitrogens with one attached hydrogen (secondary N) is 1. The van der Waals surface area contributed by atoms with Crippen LogP contribution in [-0.4, -0.2) is 37.1 Å². The lowest BCUT2D eigenvalue weighted by molar-refractivity contribution is -0.114. The number of rotatable bonds is 4. The second kappa shape index (κ2) is 8.43. The van der Waals surface area contributed by atoms with E-state index < -0.39 is 0 Å². The zero-order chi connectivity index (χ0) is 18.8. The molecule has 2 aromatic rings. The monoisotopic (exact) mass is 448 g/mol. The Balaban J connectivity index is 1.84. The van der Waals surface area contributed by atoms with Gasteiger partial charge >= 0.3 is 0 Å². The summed E-state index contributed by atoms with van der Waals surface area (Å²) in [6, 6.07) is 8.78. The van der Waals surface area contributed by atoms with Crippen LogP contribution in [-0.2, 0) is 22.4 Å². The van der Waals surface area contributed by atoms with E-state index in [4.69, 9.17) is 4.74 Å². The molecular weight excluding hydrogens is 424 g/mol. The predicted octanol–water partition coefficient (Wildman–Crippen LogP) is 4.77. The zero-order valence-electron chi connectivity index (χ0n) is 15.6. The molecule has 1 aromatic heterocycles. The van der Waals surface area contributed by atoms with Crippen LogP contribution < -0.4 is 5.32 Å². The summed E-state index contributed by atoms with van der Waals surface area (Å²) >= 11 is 5.34. The summed E-state index contributed by atoms with van der Waals surface area (Å²) in [7, 11) is 0. The van der Waals surface area contributed by atoms with Crippen LogP contribution >= 0.6 is 27.3 Å². The molecule has 0 radical (unpaired) electrons. The molecule has 1 fully saturated rings. The normalized spacial score (nSPS) is 18.7. The number of fused-ring (bicyclic) bond motifs is 1. The van der Waals surface area contributed by atoms with Gasteiger partial charge in [0.2, 0.25) is 5.91 Å². The molecule has 2 heterocycles. The molecule has 0 unspecified atom stereocenters. The summed E-state index contributed by atoms with van der Waals surface area (Å²) in [5.41, 5.74) is 4.06. The highest BCUT2D eigenvalue weighted by Crippen LogP contribution is 2.45. The van der Waals surface area contributed by atoms with Crippen molar-refractivity contribution in [1.82, 2.24) is 4.90 Å². The number of benzene rings is 1. The molecule has 0 spiro atoms. The van der Waals surface area contributed by atoms with E-state index in [0.717, 1.165) is 48.6 Å². The van der Waals surface area contributed by atoms with Gasteiger partial charge in [-0.3, -0.25) is 9.69 Å². The first-order valence-corrected chi connectivity index (χ1v) is 11.2. The Morgan fingerprint density at radius 2 is 1.89 bits per heavy atom. The number of anilines is 1. The molecular formula is C21H25BrN2O2S. The lowest BCUT2D eigenvalue weighted by Crippen LogP contribution is -2.40. The maximum absolute atomic E-state index is 11.9. The largest absolute Gasteiger partial charge is 0.379 e. The predicted molar refractivity (Wildman–Crippen MR) is 114 cm³/mol. The van der Waals surface area contributed by atoms with E-state index in [9.17, 15) is 4.79 Å². The quantitative estimate of drug-likeness (QED) is 0.731. The number of carbonyl (C=O) groups is 1. The van der Waals surface area contributed by atoms with Crippen LogP contribution in [0.2, 0.25) is 0 Å². The summed E-state index contributed by atoms with van der Waals surface area (Å²) in [6.07, 6.45) is 4.71. The molecule has 6 heteroatoms. The molecule has 1 amide bonds. The number of morpholine rings is 1. The topological polar surface area (TPSA) is 41.6 Å². The number of aryl methyl sites for hydroxylation is 1. The summed E-state index contributed by atoms with van der Waals surface area (Å²) in [5, 5.41) is 4.18. The number of amides is 1. The average Bonchev–Trinajstić information content (AvgIpc) is 3.02. The highest BCUT2D eigenvalue weighted by Gasteiger charge is 2.32. The first-order chi connectivity index (χ1) is 13.1. The second-order valence-corrected chi connectivity index (χ2v) is 9.26. The molecule has 1 N–H and O–H groups in total. The Labute approximate surface area is 173 Å². The summed E-state index contributed by atoms with van der Waals surface area (Å²) < 4.78 is 6.70. The SMILES string of the molecule is CC(=O)Nc1sc2c(c1[C@H](c1ccc(Br)cc1)N1CCOCC1)CCCC2. The van der Waals surface area contributed by atoms with E-state index in [2.05, 4.69) is 50.4 Å². The van der Waals surface area contributed by atoms with Crippen molar-refractivity contribution in [2.75, 3.05) is 31.6 Å². The fourth-order valence-corrected chi connectivity index (χ4v) is 5.81. The maximum Gasteiger partial charge on any atom is 0.221 e. The molecule has 1 saturated heterocycles. The summed E-state index contributed by atoms with van der Waals surface area (Å²) in [4.78, 5) is 15.9. The number of halogens is 1. The Morgan fingerprint density at radius 3 is 2.59 bits per heavy atom. The first-order valence-electron chi connectivity index (χ1n) is 9.63. The van der Waals surface area contributed by atoms with Crippen molar-refractivity contribution in [3.63, 3.8) is 0 Å². The lowest BCUT2D eigenvalue weighted by atomic mass is 9.88. The highest BCUT2D eigenvalue weighted by molar-refractivity contribution is 9.10. The van der Waals surface area contributed by atoms with E-state index in [0.29, 0.717) is 0 Å². The van der Waals surface area contributed by atoms with E-state index in [1.54, 1.807) is 18.3 Å². The lowest BCUT2D eigenvalue weighted by Gasteiger charge is -2.36. The van der Waals surface area contributed by atoms with Crippen LogP contribution in [0.25, 0.3) is 0 Å². The maximum atomic E-state index is 11.9. The molecule has 144 valence electrons. The zero-order valence-corrected chi connectivity index (χ0v) is 18.0. The minimum Gasteiger partial charge on any atom is -0.379 e. The van der Waals surface area contributed by atoms with Gasteiger partial charge in [-0.15, -0.1) is 11.3 Å². The summed E-state index contributed by atoms with van der Waals surface area (Å²) in [6.45, 7) is 4.94. The van der Waals surface area contributed by atoms with Gasteiger partial charge in [0.25, 0.3) is 0 Å². The van der Waals surface area contributed by atoms with Crippen LogP contribution in [0, 0.1) is 0 Å². The molecule has 0 bridgehead atoms. The Hall–Kier alpha value is -1.21. The third-order valence-corrected chi connectivity index (χ3v) is 7.12. The van der Waals surface area contributed by atoms with Crippen molar-refractivity contribution in [2.24, 2.45) is 0 Å². The Morgan fingerprint density at radius 1 is 1.19 bits per heavy atom. The van der Waals surface area contributed by atoms with Gasteiger partial charge < -0.3 is 10.1 Å². The highest BCUT2D eigenvalue weighted by atomic mass is 79.9. The van der Waals surface area contributed by atoms with Crippen LogP contribution in [0.4, 0.5) is 5.00 Å². The number of ether oxygens (including phenoxy) is 1. The van der Waals surface area contributed by atoms with Gasteiger partial charge in [0.15, 0.2) is 0 Å². The van der Waals surface area contributed by atoms with Gasteiger partial charge in [-0.05, 0) is 48.9 Å². The Bertz CT molecular complexity index is 812. The molecule has 4 rings (SSSR count). The fourth-order valence-electron chi connectivity index (χ4n) is 4.17. The van der Waals surface area contributed by atoms with Crippen LogP contribution in [0.3, 0.4) is 0 Å². The molecule has 1 aliphatic carbocycles. The van der Waals surface area contributed by atoms with Crippen molar-refractivity contribution in [3.05, 3.63) is 50.3 Å². The third kappa shape index (κ3) is 4.14.